The molecule has 0 spiro atoms. The van der Waals surface area contributed by atoms with Crippen LogP contribution in [-0.2, 0) is 14.9 Å². The average Bonchev–Trinajstić information content (AvgIpc) is 2.49. The highest BCUT2D eigenvalue weighted by Gasteiger charge is 2.39. The molecule has 0 aliphatic carbocycles. The molecule has 22 heavy (non-hydrogen) atoms. The summed E-state index contributed by atoms with van der Waals surface area (Å²) in [6.45, 7) is 4.91. The van der Waals surface area contributed by atoms with Crippen LogP contribution in [0, 0.1) is 17.2 Å². The molecule has 0 aliphatic rings. The van der Waals surface area contributed by atoms with E-state index in [2.05, 4.69) is 11.0 Å². The molecule has 1 rings (SSSR count). The number of rotatable bonds is 8. The van der Waals surface area contributed by atoms with Gasteiger partial charge in [0.1, 0.15) is 0 Å². The van der Waals surface area contributed by atoms with Gasteiger partial charge in [-0.05, 0) is 45.5 Å². The number of carbonyl (C=O) groups is 1. The molecule has 1 aromatic rings. The minimum atomic E-state index is -0.682. The smallest absolute Gasteiger partial charge is 0.306 e. The van der Waals surface area contributed by atoms with E-state index in [1.165, 1.54) is 0 Å². The van der Waals surface area contributed by atoms with Crippen molar-refractivity contribution in [3.8, 4) is 6.07 Å². The second-order valence-corrected chi connectivity index (χ2v) is 5.91. The number of hydrogen-bond donors (Lipinski definition) is 0. The van der Waals surface area contributed by atoms with Gasteiger partial charge in [-0.1, -0.05) is 37.3 Å². The Morgan fingerprint density at radius 3 is 2.50 bits per heavy atom. The van der Waals surface area contributed by atoms with Crippen molar-refractivity contribution in [3.63, 3.8) is 0 Å². The van der Waals surface area contributed by atoms with Crippen LogP contribution in [0.2, 0.25) is 0 Å². The SMILES string of the molecule is CCOC(=O)CC(C)C(C#N)(CCN(C)C)c1ccccc1. The van der Waals surface area contributed by atoms with Crippen LogP contribution >= 0.6 is 0 Å². The summed E-state index contributed by atoms with van der Waals surface area (Å²) in [5, 5.41) is 9.94. The maximum absolute atomic E-state index is 11.8. The molecule has 0 bridgehead atoms. The molecule has 0 heterocycles. The number of nitriles is 1. The summed E-state index contributed by atoms with van der Waals surface area (Å²) < 4.78 is 5.05. The third kappa shape index (κ3) is 4.57. The zero-order valence-electron chi connectivity index (χ0n) is 14.0. The van der Waals surface area contributed by atoms with E-state index in [0.717, 1.165) is 12.1 Å². The van der Waals surface area contributed by atoms with Gasteiger partial charge in [0.05, 0.1) is 18.1 Å². The van der Waals surface area contributed by atoms with Crippen molar-refractivity contribution in [1.29, 1.82) is 5.26 Å². The van der Waals surface area contributed by atoms with Crippen LogP contribution in [0.1, 0.15) is 32.3 Å². The van der Waals surface area contributed by atoms with Gasteiger partial charge >= 0.3 is 5.97 Å². The molecule has 0 aliphatic heterocycles. The van der Waals surface area contributed by atoms with E-state index in [9.17, 15) is 10.1 Å². The van der Waals surface area contributed by atoms with Gasteiger partial charge in [-0.25, -0.2) is 0 Å². The van der Waals surface area contributed by atoms with Crippen molar-refractivity contribution in [2.45, 2.75) is 32.1 Å². The fraction of sp³-hybridized carbons (Fsp3) is 0.556. The van der Waals surface area contributed by atoms with Crippen molar-refractivity contribution in [1.82, 2.24) is 4.90 Å². The Morgan fingerprint density at radius 1 is 1.36 bits per heavy atom. The second kappa shape index (κ2) is 8.55. The lowest BCUT2D eigenvalue weighted by atomic mass is 9.68. The van der Waals surface area contributed by atoms with Crippen LogP contribution < -0.4 is 0 Å². The maximum atomic E-state index is 11.8. The molecule has 0 amide bonds. The quantitative estimate of drug-likeness (QED) is 0.693. The Balaban J connectivity index is 3.09. The molecule has 1 aromatic carbocycles. The highest BCUT2D eigenvalue weighted by molar-refractivity contribution is 5.70. The Morgan fingerprint density at radius 2 is 2.00 bits per heavy atom. The lowest BCUT2D eigenvalue weighted by Crippen LogP contribution is -2.37. The molecular weight excluding hydrogens is 276 g/mol. The van der Waals surface area contributed by atoms with Crippen molar-refractivity contribution >= 4 is 5.97 Å². The number of ether oxygens (including phenoxy) is 1. The van der Waals surface area contributed by atoms with Crippen molar-refractivity contribution < 1.29 is 9.53 Å². The molecule has 120 valence electrons. The van der Waals surface area contributed by atoms with Crippen molar-refractivity contribution in [3.05, 3.63) is 35.9 Å². The molecular formula is C18H26N2O2. The summed E-state index contributed by atoms with van der Waals surface area (Å²) in [4.78, 5) is 13.9. The summed E-state index contributed by atoms with van der Waals surface area (Å²) in [5.41, 5.74) is 0.286. The standard InChI is InChI=1S/C18H26N2O2/c1-5-22-17(21)13-15(2)18(14-19,11-12-20(3)4)16-9-7-6-8-10-16/h6-10,15H,5,11-13H2,1-4H3. The number of esters is 1. The van der Waals surface area contributed by atoms with Gasteiger partial charge < -0.3 is 9.64 Å². The maximum Gasteiger partial charge on any atom is 0.306 e. The van der Waals surface area contributed by atoms with Gasteiger partial charge in [0, 0.05) is 6.42 Å². The van der Waals surface area contributed by atoms with Crippen molar-refractivity contribution in [2.24, 2.45) is 5.92 Å². The van der Waals surface area contributed by atoms with E-state index < -0.39 is 5.41 Å². The zero-order valence-corrected chi connectivity index (χ0v) is 14.0. The third-order valence-corrected chi connectivity index (χ3v) is 4.06. The van der Waals surface area contributed by atoms with Gasteiger partial charge in [-0.3, -0.25) is 4.79 Å². The first-order valence-corrected chi connectivity index (χ1v) is 7.73. The molecule has 2 unspecified atom stereocenters. The van der Waals surface area contributed by atoms with E-state index in [4.69, 9.17) is 4.74 Å². The molecule has 0 N–H and O–H groups in total. The van der Waals surface area contributed by atoms with Gasteiger partial charge in [-0.2, -0.15) is 5.26 Å². The highest BCUT2D eigenvalue weighted by atomic mass is 16.5. The first kappa shape index (κ1) is 18.2. The Bertz CT molecular complexity index is 508. The fourth-order valence-electron chi connectivity index (χ4n) is 2.69. The van der Waals surface area contributed by atoms with E-state index in [-0.39, 0.29) is 18.3 Å². The normalized spacial score (nSPS) is 14.9. The minimum absolute atomic E-state index is 0.112. The molecule has 0 saturated heterocycles. The van der Waals surface area contributed by atoms with Crippen LogP contribution in [0.25, 0.3) is 0 Å². The predicted octanol–water partition coefficient (Wildman–Crippen LogP) is 2.99. The largest absolute Gasteiger partial charge is 0.466 e. The number of carbonyl (C=O) groups excluding carboxylic acids is 1. The van der Waals surface area contributed by atoms with E-state index in [0.29, 0.717) is 13.0 Å². The monoisotopic (exact) mass is 302 g/mol. The minimum Gasteiger partial charge on any atom is -0.466 e. The van der Waals surface area contributed by atoms with E-state index >= 15 is 0 Å². The van der Waals surface area contributed by atoms with Crippen LogP contribution in [0.15, 0.2) is 30.3 Å². The number of benzene rings is 1. The summed E-state index contributed by atoms with van der Waals surface area (Å²) in [7, 11) is 3.98. The molecule has 0 aromatic heterocycles. The second-order valence-electron chi connectivity index (χ2n) is 5.91. The third-order valence-electron chi connectivity index (χ3n) is 4.06. The van der Waals surface area contributed by atoms with E-state index in [1.807, 2.05) is 51.4 Å². The van der Waals surface area contributed by atoms with Gasteiger partial charge in [0.15, 0.2) is 0 Å². The lowest BCUT2D eigenvalue weighted by molar-refractivity contribution is -0.144. The molecule has 0 saturated carbocycles. The number of hydrogen-bond acceptors (Lipinski definition) is 4. The summed E-state index contributed by atoms with van der Waals surface area (Å²) in [6.07, 6.45) is 0.935. The first-order valence-electron chi connectivity index (χ1n) is 7.73. The molecule has 2 atom stereocenters. The summed E-state index contributed by atoms with van der Waals surface area (Å²) >= 11 is 0. The lowest BCUT2D eigenvalue weighted by Gasteiger charge is -2.34. The average molecular weight is 302 g/mol. The molecule has 4 heteroatoms. The predicted molar refractivity (Wildman–Crippen MR) is 87.3 cm³/mol. The van der Waals surface area contributed by atoms with Crippen LogP contribution in [0.5, 0.6) is 0 Å². The Hall–Kier alpha value is -1.86. The fourth-order valence-corrected chi connectivity index (χ4v) is 2.69. The van der Waals surface area contributed by atoms with E-state index in [1.54, 1.807) is 6.92 Å². The number of nitrogens with zero attached hydrogens (tertiary/aromatic N) is 2. The van der Waals surface area contributed by atoms with Gasteiger partial charge in [0.2, 0.25) is 0 Å². The van der Waals surface area contributed by atoms with Gasteiger partial charge in [0.25, 0.3) is 0 Å². The molecule has 0 fully saturated rings. The van der Waals surface area contributed by atoms with Crippen LogP contribution in [0.3, 0.4) is 0 Å². The summed E-state index contributed by atoms with van der Waals surface area (Å²) in [6, 6.07) is 12.3. The highest BCUT2D eigenvalue weighted by Crippen LogP contribution is 2.37. The molecule has 4 nitrogen and oxygen atoms in total. The van der Waals surface area contributed by atoms with Crippen molar-refractivity contribution in [2.75, 3.05) is 27.2 Å². The Labute approximate surface area is 133 Å². The zero-order chi connectivity index (χ0) is 16.6. The van der Waals surface area contributed by atoms with Crippen LogP contribution in [0.4, 0.5) is 0 Å². The topological polar surface area (TPSA) is 53.3 Å². The first-order chi connectivity index (χ1) is 10.5. The van der Waals surface area contributed by atoms with Gasteiger partial charge in [-0.15, -0.1) is 0 Å². The molecule has 0 radical (unpaired) electrons. The Kier molecular flexibility index (Phi) is 7.07. The van der Waals surface area contributed by atoms with Crippen LogP contribution in [-0.4, -0.2) is 38.1 Å². The summed E-state index contributed by atoms with van der Waals surface area (Å²) in [5.74, 6) is -0.352.